The highest BCUT2D eigenvalue weighted by Crippen LogP contribution is 2.37. The Morgan fingerprint density at radius 1 is 0.947 bits per heavy atom. The average Bonchev–Trinajstić information content (AvgIpc) is 2.60. The third kappa shape index (κ3) is 4.17. The lowest BCUT2D eigenvalue weighted by Gasteiger charge is -2.43. The normalized spacial score (nSPS) is 24.2. The second-order valence-corrected chi connectivity index (χ2v) is 6.70. The third-order valence-electron chi connectivity index (χ3n) is 5.23. The predicted octanol–water partition coefficient (Wildman–Crippen LogP) is 2.56. The minimum absolute atomic E-state index is 0.140. The number of hydrogen-bond acceptors (Lipinski definition) is 3. The molecule has 19 heavy (non-hydrogen) atoms. The van der Waals surface area contributed by atoms with Crippen LogP contribution in [0.15, 0.2) is 0 Å². The van der Waals surface area contributed by atoms with Gasteiger partial charge in [-0.05, 0) is 32.1 Å². The molecule has 0 aromatic rings. The molecule has 2 saturated carbocycles. The van der Waals surface area contributed by atoms with Crippen molar-refractivity contribution in [1.82, 2.24) is 4.90 Å². The van der Waals surface area contributed by atoms with Crippen LogP contribution in [0.25, 0.3) is 0 Å². The van der Waals surface area contributed by atoms with E-state index in [1.807, 2.05) is 0 Å². The van der Waals surface area contributed by atoms with Crippen molar-refractivity contribution in [2.75, 3.05) is 26.3 Å². The molecule has 0 atom stereocenters. The molecule has 2 aliphatic carbocycles. The average molecular weight is 269 g/mol. The van der Waals surface area contributed by atoms with Crippen molar-refractivity contribution in [2.45, 2.75) is 70.3 Å². The molecule has 0 aromatic heterocycles. The Hall–Kier alpha value is -0.120. The zero-order chi connectivity index (χ0) is 13.6. The van der Waals surface area contributed by atoms with Crippen molar-refractivity contribution in [3.63, 3.8) is 0 Å². The molecule has 2 aliphatic rings. The van der Waals surface area contributed by atoms with Gasteiger partial charge in [-0.1, -0.05) is 32.1 Å². The third-order valence-corrected chi connectivity index (χ3v) is 5.23. The van der Waals surface area contributed by atoms with Crippen molar-refractivity contribution in [3.05, 3.63) is 0 Å². The van der Waals surface area contributed by atoms with Crippen LogP contribution in [0.4, 0.5) is 0 Å². The fraction of sp³-hybridized carbons (Fsp3) is 1.00. The maximum atomic E-state index is 9.94. The molecule has 0 spiro atoms. The van der Waals surface area contributed by atoms with E-state index >= 15 is 0 Å². The van der Waals surface area contributed by atoms with Gasteiger partial charge >= 0.3 is 0 Å². The van der Waals surface area contributed by atoms with Gasteiger partial charge in [0, 0.05) is 37.8 Å². The maximum absolute atomic E-state index is 9.94. The number of nitrogens with zero attached hydrogens (tertiary/aromatic N) is 1. The Labute approximate surface area is 118 Å². The van der Waals surface area contributed by atoms with Gasteiger partial charge in [-0.2, -0.15) is 0 Å². The van der Waals surface area contributed by atoms with Gasteiger partial charge in [0.25, 0.3) is 0 Å². The van der Waals surface area contributed by atoms with Crippen molar-refractivity contribution in [3.8, 4) is 0 Å². The van der Waals surface area contributed by atoms with E-state index in [1.165, 1.54) is 57.8 Å². The van der Waals surface area contributed by atoms with E-state index < -0.39 is 0 Å². The summed E-state index contributed by atoms with van der Waals surface area (Å²) in [7, 11) is 0. The Bertz CT molecular complexity index is 245. The quantitative estimate of drug-likeness (QED) is 0.698. The molecule has 0 aromatic carbocycles. The van der Waals surface area contributed by atoms with Crippen molar-refractivity contribution in [1.29, 1.82) is 0 Å². The van der Waals surface area contributed by atoms with Crippen LogP contribution >= 0.6 is 0 Å². The highest BCUT2D eigenvalue weighted by atomic mass is 16.3. The maximum Gasteiger partial charge on any atom is 0.0499 e. The minimum Gasteiger partial charge on any atom is -0.396 e. The highest BCUT2D eigenvalue weighted by molar-refractivity contribution is 4.89. The summed E-state index contributed by atoms with van der Waals surface area (Å²) < 4.78 is 0. The predicted molar refractivity (Wildman–Crippen MR) is 78.1 cm³/mol. The van der Waals surface area contributed by atoms with Gasteiger partial charge in [-0.25, -0.2) is 0 Å². The second-order valence-electron chi connectivity index (χ2n) is 6.70. The Morgan fingerprint density at radius 3 is 2.11 bits per heavy atom. The first-order valence-electron chi connectivity index (χ1n) is 8.25. The molecule has 112 valence electrons. The lowest BCUT2D eigenvalue weighted by Crippen LogP contribution is -2.48. The first-order valence-corrected chi connectivity index (χ1v) is 8.25. The van der Waals surface area contributed by atoms with Gasteiger partial charge in [0.2, 0.25) is 0 Å². The van der Waals surface area contributed by atoms with E-state index in [-0.39, 0.29) is 12.0 Å². The van der Waals surface area contributed by atoms with Crippen LogP contribution in [0.5, 0.6) is 0 Å². The topological polar surface area (TPSA) is 43.7 Å². The number of aliphatic hydroxyl groups is 2. The molecule has 0 aliphatic heterocycles. The molecule has 0 saturated heterocycles. The standard InChI is InChI=1S/C16H31NO2/c18-12-6-11-17(15-7-5-8-15)13-16(14-19)9-3-1-2-4-10-16/h15,18-19H,1-14H2. The van der Waals surface area contributed by atoms with Crippen LogP contribution in [0.3, 0.4) is 0 Å². The molecule has 0 amide bonds. The lowest BCUT2D eigenvalue weighted by atomic mass is 9.79. The van der Waals surface area contributed by atoms with Crippen molar-refractivity contribution in [2.24, 2.45) is 5.41 Å². The molecular formula is C16H31NO2. The second kappa shape index (κ2) is 7.61. The van der Waals surface area contributed by atoms with Crippen LogP contribution in [0, 0.1) is 5.41 Å². The molecule has 3 heteroatoms. The van der Waals surface area contributed by atoms with Crippen molar-refractivity contribution < 1.29 is 10.2 Å². The molecule has 2 rings (SSSR count). The zero-order valence-corrected chi connectivity index (χ0v) is 12.3. The first-order chi connectivity index (χ1) is 9.29. The van der Waals surface area contributed by atoms with E-state index in [0.717, 1.165) is 25.6 Å². The largest absolute Gasteiger partial charge is 0.396 e. The molecule has 3 nitrogen and oxygen atoms in total. The van der Waals surface area contributed by atoms with E-state index in [0.29, 0.717) is 6.61 Å². The zero-order valence-electron chi connectivity index (χ0n) is 12.3. The van der Waals surface area contributed by atoms with Crippen LogP contribution in [-0.4, -0.2) is 47.5 Å². The first kappa shape index (κ1) is 15.3. The molecular weight excluding hydrogens is 238 g/mol. The summed E-state index contributed by atoms with van der Waals surface area (Å²) >= 11 is 0. The SMILES string of the molecule is OCCCN(CC1(CO)CCCCCC1)C1CCC1. The molecule has 0 unspecified atom stereocenters. The summed E-state index contributed by atoms with van der Waals surface area (Å²) in [5.41, 5.74) is 0.140. The molecule has 2 fully saturated rings. The Balaban J connectivity index is 1.95. The van der Waals surface area contributed by atoms with E-state index in [4.69, 9.17) is 5.11 Å². The molecule has 0 bridgehead atoms. The summed E-state index contributed by atoms with van der Waals surface area (Å²) in [6.45, 7) is 2.68. The Kier molecular flexibility index (Phi) is 6.11. The fourth-order valence-corrected chi connectivity index (χ4v) is 3.69. The summed E-state index contributed by atoms with van der Waals surface area (Å²) in [5, 5.41) is 19.0. The fourth-order valence-electron chi connectivity index (χ4n) is 3.69. The lowest BCUT2D eigenvalue weighted by molar-refractivity contribution is 0.0197. The van der Waals surface area contributed by atoms with Crippen LogP contribution in [0.2, 0.25) is 0 Å². The summed E-state index contributed by atoms with van der Waals surface area (Å²) in [5.74, 6) is 0. The van der Waals surface area contributed by atoms with Gasteiger partial charge in [0.15, 0.2) is 0 Å². The van der Waals surface area contributed by atoms with Gasteiger partial charge < -0.3 is 10.2 Å². The molecule has 0 heterocycles. The van der Waals surface area contributed by atoms with E-state index in [1.54, 1.807) is 0 Å². The van der Waals surface area contributed by atoms with Gasteiger partial charge in [-0.15, -0.1) is 0 Å². The monoisotopic (exact) mass is 269 g/mol. The van der Waals surface area contributed by atoms with E-state index in [2.05, 4.69) is 4.90 Å². The number of aliphatic hydroxyl groups excluding tert-OH is 2. The number of rotatable bonds is 7. The van der Waals surface area contributed by atoms with E-state index in [9.17, 15) is 5.11 Å². The Morgan fingerprint density at radius 2 is 1.63 bits per heavy atom. The van der Waals surface area contributed by atoms with Crippen LogP contribution in [-0.2, 0) is 0 Å². The molecule has 2 N–H and O–H groups in total. The van der Waals surface area contributed by atoms with Crippen LogP contribution < -0.4 is 0 Å². The highest BCUT2D eigenvalue weighted by Gasteiger charge is 2.35. The summed E-state index contributed by atoms with van der Waals surface area (Å²) in [4.78, 5) is 2.57. The van der Waals surface area contributed by atoms with Gasteiger partial charge in [0.05, 0.1) is 0 Å². The van der Waals surface area contributed by atoms with Gasteiger partial charge in [-0.3, -0.25) is 4.90 Å². The number of hydrogen-bond donors (Lipinski definition) is 2. The smallest absolute Gasteiger partial charge is 0.0499 e. The van der Waals surface area contributed by atoms with Crippen molar-refractivity contribution >= 4 is 0 Å². The summed E-state index contributed by atoms with van der Waals surface area (Å²) in [6.07, 6.45) is 12.4. The molecule has 0 radical (unpaired) electrons. The van der Waals surface area contributed by atoms with Crippen LogP contribution in [0.1, 0.15) is 64.2 Å². The minimum atomic E-state index is 0.140. The summed E-state index contributed by atoms with van der Waals surface area (Å²) in [6, 6.07) is 0.721. The van der Waals surface area contributed by atoms with Gasteiger partial charge in [0.1, 0.15) is 0 Å².